The predicted octanol–water partition coefficient (Wildman–Crippen LogP) is 2.90. The standard InChI is InChI=1S/C19H21N3O/c23-19(22-13-10-15-6-1-3-8-17(15)22)14-21-12-5-11-20-16-7-2-4-9-18(16)21/h1-4,6-9,20H,5,10-14H2. The maximum Gasteiger partial charge on any atom is 0.246 e. The molecule has 0 saturated heterocycles. The van der Waals surface area contributed by atoms with Gasteiger partial charge in [-0.2, -0.15) is 0 Å². The van der Waals surface area contributed by atoms with E-state index in [0.29, 0.717) is 6.54 Å². The van der Waals surface area contributed by atoms with Crippen molar-refractivity contribution in [1.29, 1.82) is 0 Å². The fraction of sp³-hybridized carbons (Fsp3) is 0.316. The van der Waals surface area contributed by atoms with Crippen LogP contribution in [0.25, 0.3) is 0 Å². The lowest BCUT2D eigenvalue weighted by Gasteiger charge is -2.26. The average Bonchev–Trinajstić information content (AvgIpc) is 2.92. The smallest absolute Gasteiger partial charge is 0.246 e. The molecule has 2 heterocycles. The third kappa shape index (κ3) is 2.65. The highest BCUT2D eigenvalue weighted by Crippen LogP contribution is 2.30. The molecule has 0 aromatic heterocycles. The van der Waals surface area contributed by atoms with Gasteiger partial charge in [0.2, 0.25) is 5.91 Å². The van der Waals surface area contributed by atoms with E-state index in [1.807, 2.05) is 29.2 Å². The molecule has 2 aromatic carbocycles. The molecule has 0 saturated carbocycles. The van der Waals surface area contributed by atoms with Gasteiger partial charge in [0.1, 0.15) is 0 Å². The number of hydrogen-bond acceptors (Lipinski definition) is 3. The molecule has 2 aliphatic heterocycles. The van der Waals surface area contributed by atoms with Gasteiger partial charge in [-0.3, -0.25) is 4.79 Å². The first-order valence-electron chi connectivity index (χ1n) is 8.29. The van der Waals surface area contributed by atoms with Crippen LogP contribution < -0.4 is 15.1 Å². The topological polar surface area (TPSA) is 35.6 Å². The molecule has 4 nitrogen and oxygen atoms in total. The zero-order valence-corrected chi connectivity index (χ0v) is 13.2. The number of amides is 1. The van der Waals surface area contributed by atoms with E-state index in [0.717, 1.165) is 49.5 Å². The van der Waals surface area contributed by atoms with Crippen molar-refractivity contribution in [3.63, 3.8) is 0 Å². The molecule has 23 heavy (non-hydrogen) atoms. The number of carbonyl (C=O) groups is 1. The zero-order valence-electron chi connectivity index (χ0n) is 13.2. The Morgan fingerprint density at radius 2 is 1.78 bits per heavy atom. The highest BCUT2D eigenvalue weighted by molar-refractivity contribution is 5.98. The van der Waals surface area contributed by atoms with Crippen molar-refractivity contribution < 1.29 is 4.79 Å². The lowest BCUT2D eigenvalue weighted by atomic mass is 10.2. The minimum Gasteiger partial charge on any atom is -0.383 e. The number of nitrogens with one attached hydrogen (secondary N) is 1. The van der Waals surface area contributed by atoms with Gasteiger partial charge < -0.3 is 15.1 Å². The monoisotopic (exact) mass is 307 g/mol. The van der Waals surface area contributed by atoms with Crippen LogP contribution in [0.1, 0.15) is 12.0 Å². The number of benzene rings is 2. The van der Waals surface area contributed by atoms with Crippen LogP contribution in [0.3, 0.4) is 0 Å². The van der Waals surface area contributed by atoms with E-state index in [1.165, 1.54) is 5.56 Å². The van der Waals surface area contributed by atoms with Gasteiger partial charge in [0.05, 0.1) is 17.9 Å². The first-order chi connectivity index (χ1) is 11.3. The molecule has 4 heteroatoms. The second-order valence-electron chi connectivity index (χ2n) is 6.14. The Hall–Kier alpha value is -2.49. The largest absolute Gasteiger partial charge is 0.383 e. The van der Waals surface area contributed by atoms with Crippen LogP contribution in [0.2, 0.25) is 0 Å². The summed E-state index contributed by atoms with van der Waals surface area (Å²) in [5, 5.41) is 3.45. The first-order valence-corrected chi connectivity index (χ1v) is 8.29. The third-order valence-corrected chi connectivity index (χ3v) is 4.68. The van der Waals surface area contributed by atoms with Crippen molar-refractivity contribution in [2.45, 2.75) is 12.8 Å². The van der Waals surface area contributed by atoms with Crippen molar-refractivity contribution in [2.24, 2.45) is 0 Å². The quantitative estimate of drug-likeness (QED) is 0.926. The SMILES string of the molecule is O=C(CN1CCCNc2ccccc21)N1CCc2ccccc21. The normalized spacial score (nSPS) is 16.3. The van der Waals surface area contributed by atoms with E-state index in [9.17, 15) is 4.79 Å². The molecule has 118 valence electrons. The summed E-state index contributed by atoms with van der Waals surface area (Å²) < 4.78 is 0. The molecule has 0 aliphatic carbocycles. The number of anilines is 3. The van der Waals surface area contributed by atoms with E-state index in [-0.39, 0.29) is 5.91 Å². The van der Waals surface area contributed by atoms with E-state index < -0.39 is 0 Å². The van der Waals surface area contributed by atoms with Gasteiger partial charge >= 0.3 is 0 Å². The average molecular weight is 307 g/mol. The maximum absolute atomic E-state index is 12.9. The molecule has 0 atom stereocenters. The molecule has 0 spiro atoms. The van der Waals surface area contributed by atoms with Crippen molar-refractivity contribution in [3.05, 3.63) is 54.1 Å². The zero-order chi connectivity index (χ0) is 15.6. The molecule has 0 unspecified atom stereocenters. The Bertz CT molecular complexity index is 728. The van der Waals surface area contributed by atoms with Gasteiger partial charge in [-0.1, -0.05) is 30.3 Å². The van der Waals surface area contributed by atoms with Crippen LogP contribution in [0.4, 0.5) is 17.1 Å². The Morgan fingerprint density at radius 1 is 1.00 bits per heavy atom. The minimum atomic E-state index is 0.187. The van der Waals surface area contributed by atoms with Crippen LogP contribution in [0.15, 0.2) is 48.5 Å². The summed E-state index contributed by atoms with van der Waals surface area (Å²) in [6.07, 6.45) is 2.00. The van der Waals surface area contributed by atoms with Crippen LogP contribution in [0.5, 0.6) is 0 Å². The van der Waals surface area contributed by atoms with E-state index >= 15 is 0 Å². The Labute approximate surface area is 136 Å². The van der Waals surface area contributed by atoms with Gasteiger partial charge in [0, 0.05) is 25.3 Å². The summed E-state index contributed by atoms with van der Waals surface area (Å²) >= 11 is 0. The molecule has 4 rings (SSSR count). The maximum atomic E-state index is 12.9. The molecule has 1 N–H and O–H groups in total. The van der Waals surface area contributed by atoms with Crippen molar-refractivity contribution in [2.75, 3.05) is 41.3 Å². The number of fused-ring (bicyclic) bond motifs is 2. The lowest BCUT2D eigenvalue weighted by molar-refractivity contribution is -0.117. The van der Waals surface area contributed by atoms with Crippen LogP contribution >= 0.6 is 0 Å². The molecular formula is C19H21N3O. The molecule has 2 aliphatic rings. The van der Waals surface area contributed by atoms with Gasteiger partial charge in [-0.25, -0.2) is 0 Å². The second kappa shape index (κ2) is 5.95. The van der Waals surface area contributed by atoms with E-state index in [1.54, 1.807) is 0 Å². The summed E-state index contributed by atoms with van der Waals surface area (Å²) in [5.74, 6) is 0.187. The van der Waals surface area contributed by atoms with Crippen molar-refractivity contribution >= 4 is 23.0 Å². The number of rotatable bonds is 2. The summed E-state index contributed by atoms with van der Waals surface area (Å²) in [5.41, 5.74) is 4.61. The fourth-order valence-electron chi connectivity index (χ4n) is 3.52. The molecular weight excluding hydrogens is 286 g/mol. The number of hydrogen-bond donors (Lipinski definition) is 1. The van der Waals surface area contributed by atoms with Crippen molar-refractivity contribution in [1.82, 2.24) is 0 Å². The van der Waals surface area contributed by atoms with Gasteiger partial charge in [0.15, 0.2) is 0 Å². The number of nitrogens with zero attached hydrogens (tertiary/aromatic N) is 2. The van der Waals surface area contributed by atoms with Crippen LogP contribution in [-0.4, -0.2) is 32.1 Å². The number of carbonyl (C=O) groups excluding carboxylic acids is 1. The summed E-state index contributed by atoms with van der Waals surface area (Å²) in [6.45, 7) is 3.10. The molecule has 2 aromatic rings. The molecule has 0 radical (unpaired) electrons. The Balaban J connectivity index is 1.56. The van der Waals surface area contributed by atoms with Crippen molar-refractivity contribution in [3.8, 4) is 0 Å². The second-order valence-corrected chi connectivity index (χ2v) is 6.14. The van der Waals surface area contributed by atoms with E-state index in [4.69, 9.17) is 0 Å². The minimum absolute atomic E-state index is 0.187. The molecule has 0 fully saturated rings. The summed E-state index contributed by atoms with van der Waals surface area (Å²) in [7, 11) is 0. The lowest BCUT2D eigenvalue weighted by Crippen LogP contribution is -2.40. The Morgan fingerprint density at radius 3 is 2.70 bits per heavy atom. The van der Waals surface area contributed by atoms with Gasteiger partial charge in [-0.05, 0) is 36.6 Å². The summed E-state index contributed by atoms with van der Waals surface area (Å²) in [4.78, 5) is 17.0. The highest BCUT2D eigenvalue weighted by atomic mass is 16.2. The highest BCUT2D eigenvalue weighted by Gasteiger charge is 2.26. The van der Waals surface area contributed by atoms with Gasteiger partial charge in [0.25, 0.3) is 0 Å². The fourth-order valence-corrected chi connectivity index (χ4v) is 3.52. The van der Waals surface area contributed by atoms with E-state index in [2.05, 4.69) is 34.5 Å². The van der Waals surface area contributed by atoms with Gasteiger partial charge in [-0.15, -0.1) is 0 Å². The number of para-hydroxylation sites is 3. The molecule has 1 amide bonds. The van der Waals surface area contributed by atoms with Crippen LogP contribution in [0, 0.1) is 0 Å². The Kier molecular flexibility index (Phi) is 3.66. The molecule has 0 bridgehead atoms. The summed E-state index contributed by atoms with van der Waals surface area (Å²) in [6, 6.07) is 16.5. The first kappa shape index (κ1) is 14.1. The predicted molar refractivity (Wildman–Crippen MR) is 94.3 cm³/mol. The van der Waals surface area contributed by atoms with Crippen LogP contribution in [-0.2, 0) is 11.2 Å². The third-order valence-electron chi connectivity index (χ3n) is 4.68.